The molecule has 7 heteroatoms. The number of non-ortho nitro benzene ring substituents is 1. The van der Waals surface area contributed by atoms with Crippen molar-refractivity contribution in [2.45, 2.75) is 6.92 Å². The minimum Gasteiger partial charge on any atom is -0.376 e. The van der Waals surface area contributed by atoms with E-state index >= 15 is 0 Å². The van der Waals surface area contributed by atoms with E-state index in [1.807, 2.05) is 30.3 Å². The third-order valence-electron chi connectivity index (χ3n) is 3.05. The summed E-state index contributed by atoms with van der Waals surface area (Å²) in [6, 6.07) is 15.4. The Balaban J connectivity index is 1.92. The van der Waals surface area contributed by atoms with Crippen LogP contribution in [0, 0.1) is 10.1 Å². The van der Waals surface area contributed by atoms with Gasteiger partial charge in [0.05, 0.1) is 17.2 Å². The molecule has 2 rings (SSSR count). The number of hydrogen-bond donors (Lipinski definition) is 2. The van der Waals surface area contributed by atoms with Crippen LogP contribution in [-0.4, -0.2) is 23.1 Å². The van der Waals surface area contributed by atoms with E-state index in [0.717, 1.165) is 5.69 Å². The molecule has 0 unspecified atom stereocenters. The Kier molecular flexibility index (Phi) is 5.40. The van der Waals surface area contributed by atoms with Crippen molar-refractivity contribution in [3.63, 3.8) is 0 Å². The molecule has 0 saturated carbocycles. The molecule has 0 bridgehead atoms. The third kappa shape index (κ3) is 4.92. The molecule has 0 aliphatic carbocycles. The molecular weight excluding hydrogens is 296 g/mol. The van der Waals surface area contributed by atoms with Crippen molar-refractivity contribution in [1.29, 1.82) is 0 Å². The Hall–Kier alpha value is -3.22. The molecule has 23 heavy (non-hydrogen) atoms. The first-order valence-electron chi connectivity index (χ1n) is 6.93. The molecule has 0 aliphatic rings. The first-order chi connectivity index (χ1) is 11.1. The predicted molar refractivity (Wildman–Crippen MR) is 88.4 cm³/mol. The summed E-state index contributed by atoms with van der Waals surface area (Å²) in [6.07, 6.45) is 0. The summed E-state index contributed by atoms with van der Waals surface area (Å²) in [5, 5.41) is 17.7. The van der Waals surface area contributed by atoms with Crippen LogP contribution in [0.3, 0.4) is 0 Å². The van der Waals surface area contributed by atoms with E-state index in [-0.39, 0.29) is 18.1 Å². The summed E-state index contributed by atoms with van der Waals surface area (Å²) in [5.74, 6) is -0.307. The highest BCUT2D eigenvalue weighted by atomic mass is 16.6. The van der Waals surface area contributed by atoms with Crippen LogP contribution in [0.5, 0.6) is 0 Å². The summed E-state index contributed by atoms with van der Waals surface area (Å²) in [6.45, 7) is 1.75. The van der Waals surface area contributed by atoms with Gasteiger partial charge in [-0.25, -0.2) is 5.43 Å². The topological polar surface area (TPSA) is 96.6 Å². The number of nitro benzene ring substituents is 1. The molecule has 2 N–H and O–H groups in total. The summed E-state index contributed by atoms with van der Waals surface area (Å²) in [7, 11) is 0. The lowest BCUT2D eigenvalue weighted by Gasteiger charge is -2.06. The lowest BCUT2D eigenvalue weighted by molar-refractivity contribution is -0.384. The molecule has 7 nitrogen and oxygen atoms in total. The zero-order valence-corrected chi connectivity index (χ0v) is 12.5. The third-order valence-corrected chi connectivity index (χ3v) is 3.05. The van der Waals surface area contributed by atoms with E-state index in [2.05, 4.69) is 15.8 Å². The van der Waals surface area contributed by atoms with Crippen molar-refractivity contribution in [2.24, 2.45) is 5.10 Å². The fraction of sp³-hybridized carbons (Fsp3) is 0.125. The fourth-order valence-electron chi connectivity index (χ4n) is 1.83. The summed E-state index contributed by atoms with van der Waals surface area (Å²) < 4.78 is 0. The van der Waals surface area contributed by atoms with Gasteiger partial charge < -0.3 is 5.32 Å². The van der Waals surface area contributed by atoms with Gasteiger partial charge in [-0.15, -0.1) is 0 Å². The molecule has 0 aliphatic heterocycles. The standard InChI is InChI=1S/C16H16N4O3/c1-12(13-6-5-9-15(10-13)20(22)23)18-19-16(21)11-17-14-7-3-2-4-8-14/h2-10,17H,11H2,1H3,(H,19,21)/b18-12+. The molecule has 118 valence electrons. The average molecular weight is 312 g/mol. The summed E-state index contributed by atoms with van der Waals surface area (Å²) in [4.78, 5) is 22.0. The van der Waals surface area contributed by atoms with Crippen LogP contribution < -0.4 is 10.7 Å². The number of benzene rings is 2. The van der Waals surface area contributed by atoms with Crippen LogP contribution in [0.25, 0.3) is 0 Å². The number of rotatable bonds is 6. The number of amides is 1. The van der Waals surface area contributed by atoms with Gasteiger partial charge in [0, 0.05) is 23.4 Å². The molecule has 0 radical (unpaired) electrons. The molecule has 0 fully saturated rings. The van der Waals surface area contributed by atoms with E-state index < -0.39 is 4.92 Å². The number of hydrogen-bond acceptors (Lipinski definition) is 5. The number of hydrazone groups is 1. The zero-order chi connectivity index (χ0) is 16.7. The van der Waals surface area contributed by atoms with E-state index in [9.17, 15) is 14.9 Å². The van der Waals surface area contributed by atoms with E-state index in [4.69, 9.17) is 0 Å². The van der Waals surface area contributed by atoms with Gasteiger partial charge in [0.2, 0.25) is 0 Å². The second kappa shape index (κ2) is 7.69. The van der Waals surface area contributed by atoms with Gasteiger partial charge in [-0.3, -0.25) is 14.9 Å². The number of para-hydroxylation sites is 1. The Morgan fingerprint density at radius 3 is 2.61 bits per heavy atom. The number of carbonyl (C=O) groups excluding carboxylic acids is 1. The van der Waals surface area contributed by atoms with Gasteiger partial charge in [-0.05, 0) is 19.1 Å². The highest BCUT2D eigenvalue weighted by Gasteiger charge is 2.07. The number of nitrogens with zero attached hydrogens (tertiary/aromatic N) is 2. The largest absolute Gasteiger partial charge is 0.376 e. The molecule has 0 heterocycles. The second-order valence-electron chi connectivity index (χ2n) is 4.76. The molecule has 0 aromatic heterocycles. The Labute approximate surface area is 133 Å². The van der Waals surface area contributed by atoms with Crippen LogP contribution >= 0.6 is 0 Å². The predicted octanol–water partition coefficient (Wildman–Crippen LogP) is 2.55. The summed E-state index contributed by atoms with van der Waals surface area (Å²) in [5.41, 5.74) is 4.30. The summed E-state index contributed by atoms with van der Waals surface area (Å²) >= 11 is 0. The lowest BCUT2D eigenvalue weighted by Crippen LogP contribution is -2.26. The Morgan fingerprint density at radius 2 is 1.91 bits per heavy atom. The van der Waals surface area contributed by atoms with Gasteiger partial charge in [0.15, 0.2) is 0 Å². The SMILES string of the molecule is C/C(=N\NC(=O)CNc1ccccc1)c1cccc([N+](=O)[O-])c1. The van der Waals surface area contributed by atoms with E-state index in [1.54, 1.807) is 19.1 Å². The quantitative estimate of drug-likeness (QED) is 0.486. The van der Waals surface area contributed by atoms with Gasteiger partial charge in [0.25, 0.3) is 11.6 Å². The van der Waals surface area contributed by atoms with Crippen molar-refractivity contribution in [3.05, 3.63) is 70.3 Å². The van der Waals surface area contributed by atoms with Crippen LogP contribution in [0.2, 0.25) is 0 Å². The fourth-order valence-corrected chi connectivity index (χ4v) is 1.83. The second-order valence-corrected chi connectivity index (χ2v) is 4.76. The highest BCUT2D eigenvalue weighted by molar-refractivity contribution is 5.99. The first-order valence-corrected chi connectivity index (χ1v) is 6.93. The molecular formula is C16H16N4O3. The first kappa shape index (κ1) is 16.2. The van der Waals surface area contributed by atoms with Crippen molar-refractivity contribution >= 4 is 23.0 Å². The minimum absolute atomic E-state index is 0.0193. The molecule has 0 spiro atoms. The zero-order valence-electron chi connectivity index (χ0n) is 12.5. The van der Waals surface area contributed by atoms with Crippen molar-refractivity contribution in [2.75, 3.05) is 11.9 Å². The average Bonchev–Trinajstić information content (AvgIpc) is 2.58. The molecule has 2 aromatic carbocycles. The normalized spacial score (nSPS) is 10.9. The maximum atomic E-state index is 11.7. The van der Waals surface area contributed by atoms with E-state index in [1.165, 1.54) is 12.1 Å². The van der Waals surface area contributed by atoms with Gasteiger partial charge in [-0.2, -0.15) is 5.10 Å². The maximum Gasteiger partial charge on any atom is 0.270 e. The van der Waals surface area contributed by atoms with Gasteiger partial charge >= 0.3 is 0 Å². The Bertz CT molecular complexity index is 729. The molecule has 0 saturated heterocycles. The van der Waals surface area contributed by atoms with Gasteiger partial charge in [-0.1, -0.05) is 30.3 Å². The monoisotopic (exact) mass is 312 g/mol. The van der Waals surface area contributed by atoms with Crippen LogP contribution in [0.1, 0.15) is 12.5 Å². The van der Waals surface area contributed by atoms with Crippen LogP contribution in [0.15, 0.2) is 59.7 Å². The molecule has 2 aromatic rings. The van der Waals surface area contributed by atoms with Crippen molar-refractivity contribution in [1.82, 2.24) is 5.43 Å². The Morgan fingerprint density at radius 1 is 1.17 bits per heavy atom. The smallest absolute Gasteiger partial charge is 0.270 e. The van der Waals surface area contributed by atoms with Crippen molar-refractivity contribution in [3.8, 4) is 0 Å². The van der Waals surface area contributed by atoms with Gasteiger partial charge in [0.1, 0.15) is 0 Å². The van der Waals surface area contributed by atoms with Crippen molar-refractivity contribution < 1.29 is 9.72 Å². The van der Waals surface area contributed by atoms with E-state index in [0.29, 0.717) is 11.3 Å². The highest BCUT2D eigenvalue weighted by Crippen LogP contribution is 2.13. The van der Waals surface area contributed by atoms with Crippen LogP contribution in [0.4, 0.5) is 11.4 Å². The number of nitro groups is 1. The van der Waals surface area contributed by atoms with Crippen LogP contribution in [-0.2, 0) is 4.79 Å². The number of carbonyl (C=O) groups is 1. The molecule has 0 atom stereocenters. The maximum absolute atomic E-state index is 11.7. The number of anilines is 1. The minimum atomic E-state index is -0.473. The lowest BCUT2D eigenvalue weighted by atomic mass is 10.1. The molecule has 1 amide bonds. The number of nitrogens with one attached hydrogen (secondary N) is 2.